The van der Waals surface area contributed by atoms with Gasteiger partial charge in [0, 0.05) is 19.0 Å². The normalized spacial score (nSPS) is 11.5. The molecule has 0 radical (unpaired) electrons. The van der Waals surface area contributed by atoms with Gasteiger partial charge in [-0.1, -0.05) is 12.1 Å². The van der Waals surface area contributed by atoms with Crippen molar-refractivity contribution in [2.45, 2.75) is 6.92 Å². The quantitative estimate of drug-likeness (QED) is 0.478. The summed E-state index contributed by atoms with van der Waals surface area (Å²) in [6, 6.07) is 9.70. The lowest BCUT2D eigenvalue weighted by molar-refractivity contribution is 0.615. The van der Waals surface area contributed by atoms with Gasteiger partial charge in [-0.2, -0.15) is 0 Å². The molecule has 0 aliphatic rings. The van der Waals surface area contributed by atoms with Crippen molar-refractivity contribution in [3.63, 3.8) is 0 Å². The third-order valence-corrected chi connectivity index (χ3v) is 5.70. The van der Waals surface area contributed by atoms with Crippen molar-refractivity contribution in [3.05, 3.63) is 80.8 Å². The van der Waals surface area contributed by atoms with Crippen LogP contribution in [0.4, 0.5) is 13.9 Å². The first kappa shape index (κ1) is 19.9. The van der Waals surface area contributed by atoms with Crippen LogP contribution in [-0.4, -0.2) is 28.6 Å². The Kier molecular flexibility index (Phi) is 5.17. The lowest BCUT2D eigenvalue weighted by Gasteiger charge is -2.12. The molecule has 4 aromatic rings. The van der Waals surface area contributed by atoms with Gasteiger partial charge in [0.25, 0.3) is 5.56 Å². The second-order valence-corrected chi connectivity index (χ2v) is 8.07. The van der Waals surface area contributed by atoms with Crippen molar-refractivity contribution < 1.29 is 8.78 Å². The number of hydrogen-bond donors (Lipinski definition) is 0. The van der Waals surface area contributed by atoms with E-state index in [9.17, 15) is 13.6 Å². The number of benzene rings is 2. The molecular weight excluding hydrogens is 406 g/mol. The van der Waals surface area contributed by atoms with Gasteiger partial charge >= 0.3 is 0 Å². The van der Waals surface area contributed by atoms with Crippen LogP contribution in [-0.2, 0) is 0 Å². The van der Waals surface area contributed by atoms with Crippen LogP contribution in [0.2, 0.25) is 0 Å². The molecule has 2 heterocycles. The molecule has 0 aliphatic heterocycles. The van der Waals surface area contributed by atoms with E-state index in [0.717, 1.165) is 26.3 Å². The molecule has 0 amide bonds. The van der Waals surface area contributed by atoms with Crippen LogP contribution in [0.15, 0.2) is 47.3 Å². The smallest absolute Gasteiger partial charge is 0.266 e. The molecule has 0 spiro atoms. The van der Waals surface area contributed by atoms with Crippen LogP contribution in [0.1, 0.15) is 16.4 Å². The Bertz CT molecular complexity index is 1340. The van der Waals surface area contributed by atoms with Gasteiger partial charge < -0.3 is 4.90 Å². The number of rotatable bonds is 4. The molecule has 0 fully saturated rings. The fourth-order valence-corrected chi connectivity index (χ4v) is 3.86. The molecule has 0 bridgehead atoms. The maximum atomic E-state index is 14.5. The molecule has 0 N–H and O–H groups in total. The largest absolute Gasteiger partial charge is 0.354 e. The number of nitrogens with zero attached hydrogens (tertiary/aromatic N) is 4. The molecule has 0 unspecified atom stereocenters. The number of halogens is 2. The Balaban J connectivity index is 1.94. The monoisotopic (exact) mass is 424 g/mol. The highest BCUT2D eigenvalue weighted by atomic mass is 32.1. The molecule has 152 valence electrons. The van der Waals surface area contributed by atoms with Crippen molar-refractivity contribution in [1.82, 2.24) is 14.5 Å². The predicted octanol–water partition coefficient (Wildman–Crippen LogP) is 4.67. The van der Waals surface area contributed by atoms with Crippen molar-refractivity contribution >= 4 is 39.5 Å². The summed E-state index contributed by atoms with van der Waals surface area (Å²) in [5.74, 6) is -0.909. The molecule has 5 nitrogen and oxygen atoms in total. The van der Waals surface area contributed by atoms with E-state index in [4.69, 9.17) is 0 Å². The van der Waals surface area contributed by atoms with Crippen molar-refractivity contribution in [1.29, 1.82) is 0 Å². The van der Waals surface area contributed by atoms with Crippen LogP contribution in [0, 0.1) is 18.6 Å². The first-order chi connectivity index (χ1) is 14.3. The summed E-state index contributed by atoms with van der Waals surface area (Å²) in [5, 5.41) is 0.927. The molecule has 8 heteroatoms. The van der Waals surface area contributed by atoms with Crippen molar-refractivity contribution in [3.8, 4) is 5.69 Å². The minimum Gasteiger partial charge on any atom is -0.354 e. The summed E-state index contributed by atoms with van der Waals surface area (Å²) in [5.41, 5.74) is 0.563. The van der Waals surface area contributed by atoms with Crippen molar-refractivity contribution in [2.24, 2.45) is 0 Å². The SMILES string of the molecule is Cc1sc(N(C)C)nc1C=Cc1nc2ccc(F)cc2c(=O)n1-c1ccccc1F. The third kappa shape index (κ3) is 3.61. The van der Waals surface area contributed by atoms with E-state index < -0.39 is 17.2 Å². The number of hydrogen-bond acceptors (Lipinski definition) is 5. The summed E-state index contributed by atoms with van der Waals surface area (Å²) >= 11 is 1.54. The summed E-state index contributed by atoms with van der Waals surface area (Å²) in [7, 11) is 3.82. The molecule has 0 aliphatic carbocycles. The Labute approximate surface area is 175 Å². The van der Waals surface area contributed by atoms with Gasteiger partial charge in [0.15, 0.2) is 5.13 Å². The van der Waals surface area contributed by atoms with E-state index in [2.05, 4.69) is 9.97 Å². The van der Waals surface area contributed by atoms with Gasteiger partial charge in [0.1, 0.15) is 17.5 Å². The zero-order valence-electron chi connectivity index (χ0n) is 16.6. The average Bonchev–Trinajstić information content (AvgIpc) is 3.09. The number of anilines is 1. The van der Waals surface area contributed by atoms with E-state index in [-0.39, 0.29) is 16.9 Å². The van der Waals surface area contributed by atoms with Gasteiger partial charge in [0.05, 0.1) is 22.3 Å². The molecule has 4 rings (SSSR count). The number of fused-ring (bicyclic) bond motifs is 1. The van der Waals surface area contributed by atoms with Gasteiger partial charge in [-0.05, 0) is 49.4 Å². The number of thiazole rings is 1. The number of aryl methyl sites for hydroxylation is 1. The fraction of sp³-hybridized carbons (Fsp3) is 0.136. The standard InChI is InChI=1S/C22H18F2N4OS/c1-13-17(26-22(30-13)27(2)3)10-11-20-25-18-9-8-14(23)12-15(18)21(29)28(20)19-7-5-4-6-16(19)24/h4-12H,1-3H3. The second-order valence-electron chi connectivity index (χ2n) is 6.89. The Morgan fingerprint density at radius 1 is 1.07 bits per heavy atom. The van der Waals surface area contributed by atoms with E-state index in [0.29, 0.717) is 5.52 Å². The number of para-hydroxylation sites is 1. The highest BCUT2D eigenvalue weighted by Crippen LogP contribution is 2.26. The minimum atomic E-state index is -0.577. The lowest BCUT2D eigenvalue weighted by Crippen LogP contribution is -2.23. The fourth-order valence-electron chi connectivity index (χ4n) is 3.05. The molecule has 2 aromatic heterocycles. The van der Waals surface area contributed by atoms with Gasteiger partial charge in [-0.15, -0.1) is 11.3 Å². The molecule has 0 saturated heterocycles. The van der Waals surface area contributed by atoms with E-state index in [1.165, 1.54) is 30.3 Å². The highest BCUT2D eigenvalue weighted by Gasteiger charge is 2.15. The predicted molar refractivity (Wildman–Crippen MR) is 117 cm³/mol. The maximum absolute atomic E-state index is 14.5. The number of aromatic nitrogens is 3. The molecule has 0 atom stereocenters. The van der Waals surface area contributed by atoms with Crippen LogP contribution in [0.25, 0.3) is 28.7 Å². The molecule has 2 aromatic carbocycles. The van der Waals surface area contributed by atoms with E-state index in [1.54, 1.807) is 29.6 Å². The highest BCUT2D eigenvalue weighted by molar-refractivity contribution is 7.15. The topological polar surface area (TPSA) is 51.0 Å². The zero-order valence-corrected chi connectivity index (χ0v) is 17.4. The summed E-state index contributed by atoms with van der Waals surface area (Å²) < 4.78 is 29.4. The molecule has 0 saturated carbocycles. The van der Waals surface area contributed by atoms with Gasteiger partial charge in [0.2, 0.25) is 0 Å². The maximum Gasteiger partial charge on any atom is 0.266 e. The Hall–Kier alpha value is -3.39. The van der Waals surface area contributed by atoms with Crippen LogP contribution < -0.4 is 10.5 Å². The van der Waals surface area contributed by atoms with Crippen LogP contribution in [0.3, 0.4) is 0 Å². The Morgan fingerprint density at radius 3 is 2.53 bits per heavy atom. The summed E-state index contributed by atoms with van der Waals surface area (Å²) in [6.07, 6.45) is 3.37. The zero-order chi connectivity index (χ0) is 21.4. The van der Waals surface area contributed by atoms with Crippen LogP contribution >= 0.6 is 11.3 Å². The van der Waals surface area contributed by atoms with Crippen molar-refractivity contribution in [2.75, 3.05) is 19.0 Å². The second kappa shape index (κ2) is 7.79. The first-order valence-corrected chi connectivity index (χ1v) is 9.97. The van der Waals surface area contributed by atoms with E-state index >= 15 is 0 Å². The van der Waals surface area contributed by atoms with Gasteiger partial charge in [-0.25, -0.2) is 18.7 Å². The minimum absolute atomic E-state index is 0.0461. The summed E-state index contributed by atoms with van der Waals surface area (Å²) in [4.78, 5) is 25.1. The average molecular weight is 424 g/mol. The molecular formula is C22H18F2N4OS. The van der Waals surface area contributed by atoms with E-state index in [1.807, 2.05) is 25.9 Å². The third-order valence-electron chi connectivity index (χ3n) is 4.54. The lowest BCUT2D eigenvalue weighted by atomic mass is 10.2. The van der Waals surface area contributed by atoms with Gasteiger partial charge in [-0.3, -0.25) is 9.36 Å². The summed E-state index contributed by atoms with van der Waals surface area (Å²) in [6.45, 7) is 1.95. The Morgan fingerprint density at radius 2 is 1.83 bits per heavy atom. The molecule has 30 heavy (non-hydrogen) atoms. The van der Waals surface area contributed by atoms with Crippen LogP contribution in [0.5, 0.6) is 0 Å². The first-order valence-electron chi connectivity index (χ1n) is 9.15.